The molecule has 1 atom stereocenters. The Bertz CT molecular complexity index is 344. The van der Waals surface area contributed by atoms with E-state index in [9.17, 15) is 4.39 Å². The van der Waals surface area contributed by atoms with Crippen LogP contribution < -0.4 is 5.32 Å². The Morgan fingerprint density at radius 1 is 1.29 bits per heavy atom. The maximum absolute atomic E-state index is 13.7. The molecule has 1 unspecified atom stereocenters. The van der Waals surface area contributed by atoms with Gasteiger partial charge in [-0.15, -0.1) is 0 Å². The molecule has 0 bridgehead atoms. The summed E-state index contributed by atoms with van der Waals surface area (Å²) in [6, 6.07) is 7.99. The van der Waals surface area contributed by atoms with Crippen molar-refractivity contribution in [2.24, 2.45) is 5.92 Å². The SMILES string of the molecule is CC(C)(F)c1ccc(CC2CCCNC2)cc1. The largest absolute Gasteiger partial charge is 0.316 e. The minimum atomic E-state index is -1.23. The van der Waals surface area contributed by atoms with Gasteiger partial charge in [0.25, 0.3) is 0 Å². The van der Waals surface area contributed by atoms with Crippen LogP contribution in [-0.2, 0) is 12.1 Å². The van der Waals surface area contributed by atoms with Crippen LogP contribution in [0.2, 0.25) is 0 Å². The van der Waals surface area contributed by atoms with Crippen molar-refractivity contribution in [3.8, 4) is 0 Å². The van der Waals surface area contributed by atoms with Crippen LogP contribution in [0.15, 0.2) is 24.3 Å². The topological polar surface area (TPSA) is 12.0 Å². The first-order valence-corrected chi connectivity index (χ1v) is 6.55. The molecule has 1 aliphatic rings. The van der Waals surface area contributed by atoms with E-state index in [0.717, 1.165) is 31.0 Å². The maximum atomic E-state index is 13.7. The van der Waals surface area contributed by atoms with E-state index >= 15 is 0 Å². The van der Waals surface area contributed by atoms with Crippen molar-refractivity contribution in [1.82, 2.24) is 5.32 Å². The van der Waals surface area contributed by atoms with Crippen molar-refractivity contribution >= 4 is 0 Å². The Morgan fingerprint density at radius 3 is 2.53 bits per heavy atom. The summed E-state index contributed by atoms with van der Waals surface area (Å²) >= 11 is 0. The summed E-state index contributed by atoms with van der Waals surface area (Å²) in [4.78, 5) is 0. The number of alkyl halides is 1. The second-order valence-corrected chi connectivity index (χ2v) is 5.59. The van der Waals surface area contributed by atoms with Crippen LogP contribution >= 0.6 is 0 Å². The molecule has 1 fully saturated rings. The lowest BCUT2D eigenvalue weighted by molar-refractivity contribution is 0.221. The average Bonchev–Trinajstić information content (AvgIpc) is 2.30. The molecule has 0 aromatic heterocycles. The fraction of sp³-hybridized carbons (Fsp3) is 0.600. The van der Waals surface area contributed by atoms with Crippen molar-refractivity contribution in [2.45, 2.75) is 38.8 Å². The van der Waals surface area contributed by atoms with Crippen LogP contribution in [0.4, 0.5) is 4.39 Å². The van der Waals surface area contributed by atoms with E-state index in [0.29, 0.717) is 0 Å². The van der Waals surface area contributed by atoms with Crippen LogP contribution in [0.3, 0.4) is 0 Å². The average molecular weight is 235 g/mol. The second kappa shape index (κ2) is 5.18. The van der Waals surface area contributed by atoms with E-state index in [4.69, 9.17) is 0 Å². The molecule has 1 heterocycles. The molecular formula is C15H22FN. The van der Waals surface area contributed by atoms with Gasteiger partial charge in [-0.1, -0.05) is 24.3 Å². The molecule has 0 spiro atoms. The fourth-order valence-electron chi connectivity index (χ4n) is 2.47. The number of hydrogen-bond acceptors (Lipinski definition) is 1. The predicted octanol–water partition coefficient (Wildman–Crippen LogP) is 3.43. The van der Waals surface area contributed by atoms with E-state index in [1.54, 1.807) is 13.8 Å². The molecular weight excluding hydrogens is 213 g/mol. The molecule has 94 valence electrons. The molecule has 0 radical (unpaired) electrons. The molecule has 1 aromatic carbocycles. The van der Waals surface area contributed by atoms with Crippen molar-refractivity contribution in [2.75, 3.05) is 13.1 Å². The van der Waals surface area contributed by atoms with Gasteiger partial charge in [0.2, 0.25) is 0 Å². The Labute approximate surface area is 103 Å². The summed E-state index contributed by atoms with van der Waals surface area (Å²) in [5.41, 5.74) is 0.861. The summed E-state index contributed by atoms with van der Waals surface area (Å²) in [5, 5.41) is 3.43. The lowest BCUT2D eigenvalue weighted by Crippen LogP contribution is -2.30. The van der Waals surface area contributed by atoms with Gasteiger partial charge in [0.1, 0.15) is 5.67 Å². The Balaban J connectivity index is 1.98. The highest BCUT2D eigenvalue weighted by Crippen LogP contribution is 2.25. The van der Waals surface area contributed by atoms with Gasteiger partial charge >= 0.3 is 0 Å². The Morgan fingerprint density at radius 2 is 2.00 bits per heavy atom. The number of rotatable bonds is 3. The van der Waals surface area contributed by atoms with Crippen molar-refractivity contribution in [3.63, 3.8) is 0 Å². The molecule has 1 N–H and O–H groups in total. The molecule has 1 nitrogen and oxygen atoms in total. The zero-order valence-electron chi connectivity index (χ0n) is 10.8. The number of hydrogen-bond donors (Lipinski definition) is 1. The minimum Gasteiger partial charge on any atom is -0.316 e. The summed E-state index contributed by atoms with van der Waals surface area (Å²) < 4.78 is 13.7. The van der Waals surface area contributed by atoms with Crippen LogP contribution in [0.5, 0.6) is 0 Å². The third-order valence-corrected chi connectivity index (χ3v) is 3.56. The zero-order chi connectivity index (χ0) is 12.3. The second-order valence-electron chi connectivity index (χ2n) is 5.59. The molecule has 1 aromatic rings. The van der Waals surface area contributed by atoms with Crippen molar-refractivity contribution in [1.29, 1.82) is 0 Å². The van der Waals surface area contributed by atoms with Gasteiger partial charge in [-0.25, -0.2) is 4.39 Å². The lowest BCUT2D eigenvalue weighted by Gasteiger charge is -2.23. The summed E-state index contributed by atoms with van der Waals surface area (Å²) in [6.07, 6.45) is 3.70. The predicted molar refractivity (Wildman–Crippen MR) is 69.9 cm³/mol. The summed E-state index contributed by atoms with van der Waals surface area (Å²) in [6.45, 7) is 5.49. The number of piperidine rings is 1. The van der Waals surface area contributed by atoms with Gasteiger partial charge < -0.3 is 5.32 Å². The minimum absolute atomic E-state index is 0.744. The molecule has 0 saturated carbocycles. The quantitative estimate of drug-likeness (QED) is 0.846. The van der Waals surface area contributed by atoms with E-state index in [2.05, 4.69) is 17.4 Å². The van der Waals surface area contributed by atoms with Gasteiger partial charge in [-0.3, -0.25) is 0 Å². The smallest absolute Gasteiger partial charge is 0.130 e. The lowest BCUT2D eigenvalue weighted by atomic mass is 9.91. The monoisotopic (exact) mass is 235 g/mol. The molecule has 2 rings (SSSR count). The third-order valence-electron chi connectivity index (χ3n) is 3.56. The van der Waals surface area contributed by atoms with Crippen LogP contribution in [-0.4, -0.2) is 13.1 Å². The number of halogens is 1. The van der Waals surface area contributed by atoms with Gasteiger partial charge in [-0.05, 0) is 63.2 Å². The first-order chi connectivity index (χ1) is 8.05. The highest BCUT2D eigenvalue weighted by Gasteiger charge is 2.18. The van der Waals surface area contributed by atoms with E-state index in [-0.39, 0.29) is 0 Å². The molecule has 2 heteroatoms. The van der Waals surface area contributed by atoms with Crippen molar-refractivity contribution in [3.05, 3.63) is 35.4 Å². The maximum Gasteiger partial charge on any atom is 0.130 e. The standard InChI is InChI=1S/C15H22FN/c1-15(2,16)14-7-5-12(6-8-14)10-13-4-3-9-17-11-13/h5-8,13,17H,3-4,9-11H2,1-2H3. The number of nitrogens with one attached hydrogen (secondary N) is 1. The van der Waals surface area contributed by atoms with Crippen molar-refractivity contribution < 1.29 is 4.39 Å². The highest BCUT2D eigenvalue weighted by molar-refractivity contribution is 5.26. The van der Waals surface area contributed by atoms with Gasteiger partial charge in [-0.2, -0.15) is 0 Å². The van der Waals surface area contributed by atoms with Gasteiger partial charge in [0, 0.05) is 0 Å². The first-order valence-electron chi connectivity index (χ1n) is 6.55. The normalized spacial score (nSPS) is 21.5. The van der Waals surface area contributed by atoms with Crippen LogP contribution in [0.25, 0.3) is 0 Å². The summed E-state index contributed by atoms with van der Waals surface area (Å²) in [7, 11) is 0. The highest BCUT2D eigenvalue weighted by atomic mass is 19.1. The third kappa shape index (κ3) is 3.53. The molecule has 1 saturated heterocycles. The first kappa shape index (κ1) is 12.6. The number of benzene rings is 1. The Hall–Kier alpha value is -0.890. The molecule has 0 aliphatic carbocycles. The van der Waals surface area contributed by atoms with Crippen LogP contribution in [0, 0.1) is 5.92 Å². The van der Waals surface area contributed by atoms with Gasteiger partial charge in [0.05, 0.1) is 0 Å². The van der Waals surface area contributed by atoms with Gasteiger partial charge in [0.15, 0.2) is 0 Å². The van der Waals surface area contributed by atoms with E-state index in [1.807, 2.05) is 12.1 Å². The zero-order valence-corrected chi connectivity index (χ0v) is 10.8. The molecule has 1 aliphatic heterocycles. The van der Waals surface area contributed by atoms with Crippen LogP contribution in [0.1, 0.15) is 37.8 Å². The fourth-order valence-corrected chi connectivity index (χ4v) is 2.47. The van der Waals surface area contributed by atoms with E-state index < -0.39 is 5.67 Å². The van der Waals surface area contributed by atoms with E-state index in [1.165, 1.54) is 18.4 Å². The molecule has 0 amide bonds. The Kier molecular flexibility index (Phi) is 3.82. The molecule has 17 heavy (non-hydrogen) atoms. The summed E-state index contributed by atoms with van der Waals surface area (Å²) in [5.74, 6) is 0.744.